The normalized spacial score (nSPS) is 16.0. The van der Waals surface area contributed by atoms with E-state index in [0.717, 1.165) is 66.9 Å². The average Bonchev–Trinajstić information content (AvgIpc) is 2.93. The van der Waals surface area contributed by atoms with Crippen LogP contribution >= 0.6 is 0 Å². The highest BCUT2D eigenvalue weighted by Gasteiger charge is 2.26. The molecular formula is C19H19N3O. The summed E-state index contributed by atoms with van der Waals surface area (Å²) in [7, 11) is 0. The van der Waals surface area contributed by atoms with E-state index in [1.54, 1.807) is 0 Å². The number of H-pyrrole nitrogens is 1. The highest BCUT2D eigenvalue weighted by molar-refractivity contribution is 5.90. The zero-order valence-corrected chi connectivity index (χ0v) is 13.3. The predicted octanol–water partition coefficient (Wildman–Crippen LogP) is 3.13. The molecule has 116 valence electrons. The minimum atomic E-state index is 0.185. The Kier molecular flexibility index (Phi) is 2.61. The quantitative estimate of drug-likeness (QED) is 0.693. The summed E-state index contributed by atoms with van der Waals surface area (Å²) in [4.78, 5) is 21.3. The van der Waals surface area contributed by atoms with Gasteiger partial charge in [0, 0.05) is 23.0 Å². The van der Waals surface area contributed by atoms with Gasteiger partial charge in [-0.1, -0.05) is 11.6 Å². The number of aromatic nitrogens is 3. The van der Waals surface area contributed by atoms with E-state index in [4.69, 9.17) is 4.98 Å². The molecule has 1 aliphatic heterocycles. The van der Waals surface area contributed by atoms with Crippen LogP contribution in [0.4, 0.5) is 0 Å². The first-order valence-electron chi connectivity index (χ1n) is 8.46. The van der Waals surface area contributed by atoms with Gasteiger partial charge in [0.2, 0.25) is 0 Å². The average molecular weight is 305 g/mol. The van der Waals surface area contributed by atoms with Crippen molar-refractivity contribution >= 4 is 10.9 Å². The molecule has 0 fully saturated rings. The molecular weight excluding hydrogens is 286 g/mol. The Morgan fingerprint density at radius 1 is 1.13 bits per heavy atom. The molecule has 2 aromatic heterocycles. The first kappa shape index (κ1) is 13.1. The summed E-state index contributed by atoms with van der Waals surface area (Å²) in [5, 5.41) is 1.28. The second kappa shape index (κ2) is 4.57. The van der Waals surface area contributed by atoms with Crippen LogP contribution in [0.5, 0.6) is 0 Å². The maximum Gasteiger partial charge on any atom is 0.257 e. The lowest BCUT2D eigenvalue weighted by molar-refractivity contribution is 0.594. The van der Waals surface area contributed by atoms with Crippen molar-refractivity contribution in [2.75, 3.05) is 0 Å². The van der Waals surface area contributed by atoms with Gasteiger partial charge in [-0.15, -0.1) is 0 Å². The van der Waals surface area contributed by atoms with Crippen molar-refractivity contribution in [3.8, 4) is 11.5 Å². The molecule has 1 aliphatic carbocycles. The van der Waals surface area contributed by atoms with Gasteiger partial charge in [-0.3, -0.25) is 9.36 Å². The van der Waals surface area contributed by atoms with Crippen molar-refractivity contribution < 1.29 is 0 Å². The van der Waals surface area contributed by atoms with Crippen molar-refractivity contribution in [1.29, 1.82) is 0 Å². The van der Waals surface area contributed by atoms with Crippen molar-refractivity contribution in [3.63, 3.8) is 0 Å². The van der Waals surface area contributed by atoms with E-state index in [-0.39, 0.29) is 5.56 Å². The molecule has 0 bridgehead atoms. The number of rotatable bonds is 0. The van der Waals surface area contributed by atoms with Crippen LogP contribution in [0, 0.1) is 6.92 Å². The Morgan fingerprint density at radius 2 is 2.00 bits per heavy atom. The van der Waals surface area contributed by atoms with E-state index in [1.807, 2.05) is 4.57 Å². The fourth-order valence-corrected chi connectivity index (χ4v) is 4.12. The van der Waals surface area contributed by atoms with Gasteiger partial charge >= 0.3 is 0 Å². The highest BCUT2D eigenvalue weighted by Crippen LogP contribution is 2.34. The number of aryl methyl sites for hydroxylation is 3. The third-order valence-corrected chi connectivity index (χ3v) is 5.31. The number of nitrogens with zero attached hydrogens (tertiary/aromatic N) is 2. The fourth-order valence-electron chi connectivity index (χ4n) is 4.12. The van der Waals surface area contributed by atoms with Gasteiger partial charge in [-0.2, -0.15) is 0 Å². The van der Waals surface area contributed by atoms with Gasteiger partial charge in [0.05, 0.1) is 11.4 Å². The first-order chi connectivity index (χ1) is 11.2. The Labute approximate surface area is 134 Å². The molecule has 0 spiro atoms. The molecule has 0 atom stereocenters. The van der Waals surface area contributed by atoms with Crippen molar-refractivity contribution in [3.05, 3.63) is 50.9 Å². The van der Waals surface area contributed by atoms with Gasteiger partial charge in [-0.25, -0.2) is 4.98 Å². The molecule has 23 heavy (non-hydrogen) atoms. The van der Waals surface area contributed by atoms with E-state index >= 15 is 0 Å². The summed E-state index contributed by atoms with van der Waals surface area (Å²) in [6, 6.07) is 6.48. The predicted molar refractivity (Wildman–Crippen MR) is 90.9 cm³/mol. The Hall–Kier alpha value is -2.36. The first-order valence-corrected chi connectivity index (χ1v) is 8.46. The van der Waals surface area contributed by atoms with Crippen LogP contribution in [0.2, 0.25) is 0 Å². The van der Waals surface area contributed by atoms with Crippen LogP contribution in [0.25, 0.3) is 22.4 Å². The van der Waals surface area contributed by atoms with Crippen LogP contribution in [-0.2, 0) is 25.8 Å². The summed E-state index contributed by atoms with van der Waals surface area (Å²) >= 11 is 0. The molecule has 0 unspecified atom stereocenters. The van der Waals surface area contributed by atoms with Gasteiger partial charge in [0.25, 0.3) is 5.56 Å². The van der Waals surface area contributed by atoms with E-state index < -0.39 is 0 Å². The lowest BCUT2D eigenvalue weighted by atomic mass is 9.96. The standard InChI is InChI=1S/C19H19N3O/c1-11-6-7-16-14(10-11)12-8-9-22-18(17(12)20-16)21-15-5-3-2-4-13(15)19(22)23/h6-7,10,20H,2-5,8-9H2,1H3. The van der Waals surface area contributed by atoms with Crippen LogP contribution in [-0.4, -0.2) is 14.5 Å². The van der Waals surface area contributed by atoms with Crippen molar-refractivity contribution in [2.24, 2.45) is 0 Å². The second-order valence-electron chi connectivity index (χ2n) is 6.80. The summed E-state index contributed by atoms with van der Waals surface area (Å²) in [6.07, 6.45) is 4.97. The molecule has 3 heterocycles. The zero-order valence-electron chi connectivity index (χ0n) is 13.3. The SMILES string of the molecule is Cc1ccc2[nH]c3c(c2c1)CCn1c-3nc2c(c1=O)CCCC2. The van der Waals surface area contributed by atoms with Crippen LogP contribution in [0.15, 0.2) is 23.0 Å². The third kappa shape index (κ3) is 1.78. The Bertz CT molecular complexity index is 1010. The monoisotopic (exact) mass is 305 g/mol. The summed E-state index contributed by atoms with van der Waals surface area (Å²) in [5.41, 5.74) is 6.92. The van der Waals surface area contributed by atoms with Crippen LogP contribution in [0.3, 0.4) is 0 Å². The second-order valence-corrected chi connectivity index (χ2v) is 6.80. The molecule has 3 aromatic rings. The number of benzene rings is 1. The summed E-state index contributed by atoms with van der Waals surface area (Å²) in [6.45, 7) is 2.86. The maximum absolute atomic E-state index is 12.8. The molecule has 5 rings (SSSR count). The van der Waals surface area contributed by atoms with Gasteiger partial charge in [0.1, 0.15) is 0 Å². The van der Waals surface area contributed by atoms with E-state index in [0.29, 0.717) is 0 Å². The minimum absolute atomic E-state index is 0.185. The lowest BCUT2D eigenvalue weighted by Crippen LogP contribution is -2.32. The van der Waals surface area contributed by atoms with E-state index in [9.17, 15) is 4.79 Å². The topological polar surface area (TPSA) is 50.7 Å². The molecule has 0 amide bonds. The molecule has 0 saturated carbocycles. The molecule has 4 heteroatoms. The molecule has 4 nitrogen and oxygen atoms in total. The summed E-state index contributed by atoms with van der Waals surface area (Å²) < 4.78 is 1.88. The molecule has 1 aromatic carbocycles. The van der Waals surface area contributed by atoms with Crippen molar-refractivity contribution in [2.45, 2.75) is 45.6 Å². The summed E-state index contributed by atoms with van der Waals surface area (Å²) in [5.74, 6) is 0.839. The van der Waals surface area contributed by atoms with Gasteiger partial charge < -0.3 is 4.98 Å². The number of hydrogen-bond donors (Lipinski definition) is 1. The minimum Gasteiger partial charge on any atom is -0.352 e. The number of aromatic amines is 1. The highest BCUT2D eigenvalue weighted by atomic mass is 16.1. The molecule has 1 N–H and O–H groups in total. The number of hydrogen-bond acceptors (Lipinski definition) is 2. The number of nitrogens with one attached hydrogen (secondary N) is 1. The number of fused-ring (bicyclic) bond motifs is 6. The lowest BCUT2D eigenvalue weighted by Gasteiger charge is -2.22. The van der Waals surface area contributed by atoms with E-state index in [2.05, 4.69) is 30.1 Å². The molecule has 2 aliphatic rings. The third-order valence-electron chi connectivity index (χ3n) is 5.31. The van der Waals surface area contributed by atoms with Gasteiger partial charge in [-0.05, 0) is 56.7 Å². The van der Waals surface area contributed by atoms with Crippen LogP contribution < -0.4 is 5.56 Å². The maximum atomic E-state index is 12.8. The van der Waals surface area contributed by atoms with Crippen LogP contribution in [0.1, 0.15) is 35.2 Å². The zero-order chi connectivity index (χ0) is 15.6. The van der Waals surface area contributed by atoms with E-state index in [1.165, 1.54) is 16.5 Å². The fraction of sp³-hybridized carbons (Fsp3) is 0.368. The van der Waals surface area contributed by atoms with Crippen molar-refractivity contribution in [1.82, 2.24) is 14.5 Å². The molecule has 0 saturated heterocycles. The Morgan fingerprint density at radius 3 is 2.91 bits per heavy atom. The smallest absolute Gasteiger partial charge is 0.257 e. The Balaban J connectivity index is 1.82. The van der Waals surface area contributed by atoms with Gasteiger partial charge in [0.15, 0.2) is 5.82 Å². The largest absolute Gasteiger partial charge is 0.352 e. The molecule has 0 radical (unpaired) electrons.